The maximum Gasteiger partial charge on any atom is 0.236 e. The van der Waals surface area contributed by atoms with Crippen molar-refractivity contribution in [2.75, 3.05) is 19.0 Å². The molecule has 0 saturated carbocycles. The van der Waals surface area contributed by atoms with Gasteiger partial charge in [-0.2, -0.15) is 9.36 Å². The van der Waals surface area contributed by atoms with Crippen LogP contribution >= 0.6 is 23.1 Å². The first kappa shape index (κ1) is 9.70. The molecule has 12 heavy (non-hydrogen) atoms. The van der Waals surface area contributed by atoms with E-state index in [0.717, 1.165) is 5.13 Å². The lowest BCUT2D eigenvalue weighted by Crippen LogP contribution is -2.20. The minimum atomic E-state index is 0.221. The minimum Gasteiger partial charge on any atom is -0.383 e. The van der Waals surface area contributed by atoms with Crippen molar-refractivity contribution in [3.63, 3.8) is 0 Å². The van der Waals surface area contributed by atoms with Gasteiger partial charge in [-0.25, -0.2) is 0 Å². The third-order valence-corrected chi connectivity index (χ3v) is 2.10. The number of aromatic nitrogens is 2. The summed E-state index contributed by atoms with van der Waals surface area (Å²) in [5.41, 5.74) is 0. The zero-order valence-corrected chi connectivity index (χ0v) is 8.45. The maximum atomic E-state index is 5.54. The zero-order chi connectivity index (χ0) is 8.97. The average Bonchev–Trinajstić information content (AvgIpc) is 2.36. The molecule has 68 valence electrons. The molecule has 1 heterocycles. The Hall–Kier alpha value is -0.390. The Morgan fingerprint density at radius 2 is 2.50 bits per heavy atom. The van der Waals surface area contributed by atoms with E-state index < -0.39 is 0 Å². The molecule has 0 radical (unpaired) electrons. The van der Waals surface area contributed by atoms with Gasteiger partial charge in [-0.1, -0.05) is 0 Å². The average molecular weight is 208 g/mol. The quantitative estimate of drug-likeness (QED) is 0.816. The van der Waals surface area contributed by atoms with E-state index >= 15 is 0 Å². The number of anilines is 1. The molecule has 1 atom stereocenters. The lowest BCUT2D eigenvalue weighted by molar-refractivity contribution is 0.190. The highest BCUT2D eigenvalue weighted by Gasteiger charge is 2.04. The highest BCUT2D eigenvalue weighted by molar-refractivity contribution is 7.09. The number of hydrogen-bond acceptors (Lipinski definition) is 5. The molecule has 1 aromatic rings. The number of hydrogen-bond donors (Lipinski definition) is 1. The molecule has 1 rings (SSSR count). The molecular formula is C6H10ClN3OS. The standard InChI is InChI=1S/C6H10ClN3OS/c1-4(3-11-2)8-6-9-5(7)10-12-6/h4H,3H2,1-2H3,(H,8,9,10). The van der Waals surface area contributed by atoms with E-state index in [1.807, 2.05) is 6.92 Å². The van der Waals surface area contributed by atoms with Crippen LogP contribution in [0.3, 0.4) is 0 Å². The summed E-state index contributed by atoms with van der Waals surface area (Å²) in [4.78, 5) is 3.94. The Balaban J connectivity index is 2.41. The van der Waals surface area contributed by atoms with Crippen LogP contribution in [0.5, 0.6) is 0 Å². The van der Waals surface area contributed by atoms with Crippen LogP contribution < -0.4 is 5.32 Å². The molecule has 4 nitrogen and oxygen atoms in total. The van der Waals surface area contributed by atoms with Crippen LogP contribution in [0.25, 0.3) is 0 Å². The fraction of sp³-hybridized carbons (Fsp3) is 0.667. The summed E-state index contributed by atoms with van der Waals surface area (Å²) >= 11 is 6.78. The lowest BCUT2D eigenvalue weighted by Gasteiger charge is -2.09. The zero-order valence-electron chi connectivity index (χ0n) is 6.87. The molecule has 0 spiro atoms. The Morgan fingerprint density at radius 3 is 3.00 bits per heavy atom. The van der Waals surface area contributed by atoms with E-state index in [0.29, 0.717) is 6.61 Å². The lowest BCUT2D eigenvalue weighted by atomic mass is 10.4. The first-order valence-corrected chi connectivity index (χ1v) is 4.62. The van der Waals surface area contributed by atoms with Crippen LogP contribution in [0.2, 0.25) is 5.28 Å². The topological polar surface area (TPSA) is 47.0 Å². The summed E-state index contributed by atoms with van der Waals surface area (Å²) in [6, 6.07) is 0.221. The number of halogens is 1. The number of methoxy groups -OCH3 is 1. The van der Waals surface area contributed by atoms with Crippen molar-refractivity contribution >= 4 is 28.3 Å². The van der Waals surface area contributed by atoms with Gasteiger partial charge in [0.05, 0.1) is 6.61 Å². The molecule has 0 aliphatic carbocycles. The van der Waals surface area contributed by atoms with Crippen molar-refractivity contribution in [1.82, 2.24) is 9.36 Å². The fourth-order valence-electron chi connectivity index (χ4n) is 0.767. The SMILES string of the molecule is COCC(C)Nc1nc(Cl)ns1. The number of ether oxygens (including phenoxy) is 1. The molecule has 0 aromatic carbocycles. The van der Waals surface area contributed by atoms with Crippen LogP contribution in [-0.2, 0) is 4.74 Å². The summed E-state index contributed by atoms with van der Waals surface area (Å²) in [5, 5.41) is 4.11. The summed E-state index contributed by atoms with van der Waals surface area (Å²) in [6.45, 7) is 2.63. The van der Waals surface area contributed by atoms with E-state index in [9.17, 15) is 0 Å². The van der Waals surface area contributed by atoms with Gasteiger partial charge in [0.15, 0.2) is 0 Å². The van der Waals surface area contributed by atoms with Crippen molar-refractivity contribution < 1.29 is 4.74 Å². The second-order valence-electron chi connectivity index (χ2n) is 2.37. The predicted octanol–water partition coefficient (Wildman–Crippen LogP) is 1.64. The smallest absolute Gasteiger partial charge is 0.236 e. The van der Waals surface area contributed by atoms with E-state index in [1.54, 1.807) is 7.11 Å². The second-order valence-corrected chi connectivity index (χ2v) is 3.46. The Labute approximate surface area is 80.1 Å². The van der Waals surface area contributed by atoms with E-state index in [4.69, 9.17) is 16.3 Å². The van der Waals surface area contributed by atoms with Crippen molar-refractivity contribution in [3.8, 4) is 0 Å². The molecule has 1 N–H and O–H groups in total. The van der Waals surface area contributed by atoms with E-state index in [1.165, 1.54) is 11.5 Å². The Morgan fingerprint density at radius 1 is 1.75 bits per heavy atom. The van der Waals surface area contributed by atoms with Gasteiger partial charge in [0, 0.05) is 24.7 Å². The highest BCUT2D eigenvalue weighted by Crippen LogP contribution is 2.14. The first-order chi connectivity index (χ1) is 5.72. The van der Waals surface area contributed by atoms with Crippen LogP contribution in [-0.4, -0.2) is 29.1 Å². The van der Waals surface area contributed by atoms with Crippen LogP contribution in [0.4, 0.5) is 5.13 Å². The van der Waals surface area contributed by atoms with E-state index in [2.05, 4.69) is 14.7 Å². The third kappa shape index (κ3) is 2.92. The molecular weight excluding hydrogens is 198 g/mol. The molecule has 1 unspecified atom stereocenters. The van der Waals surface area contributed by atoms with Gasteiger partial charge in [0.1, 0.15) is 0 Å². The molecule has 6 heteroatoms. The van der Waals surface area contributed by atoms with Gasteiger partial charge in [-0.3, -0.25) is 0 Å². The normalized spacial score (nSPS) is 12.9. The van der Waals surface area contributed by atoms with Gasteiger partial charge >= 0.3 is 0 Å². The number of nitrogens with zero attached hydrogens (tertiary/aromatic N) is 2. The maximum absolute atomic E-state index is 5.54. The summed E-state index contributed by atoms with van der Waals surface area (Å²) < 4.78 is 8.77. The second kappa shape index (κ2) is 4.59. The van der Waals surface area contributed by atoms with Gasteiger partial charge in [0.2, 0.25) is 10.4 Å². The molecule has 0 amide bonds. The summed E-state index contributed by atoms with van der Waals surface area (Å²) in [6.07, 6.45) is 0. The van der Waals surface area contributed by atoms with Crippen LogP contribution in [0, 0.1) is 0 Å². The Kier molecular flexibility index (Phi) is 3.71. The van der Waals surface area contributed by atoms with Gasteiger partial charge in [0.25, 0.3) is 0 Å². The van der Waals surface area contributed by atoms with E-state index in [-0.39, 0.29) is 11.3 Å². The minimum absolute atomic E-state index is 0.221. The van der Waals surface area contributed by atoms with Crippen molar-refractivity contribution in [2.45, 2.75) is 13.0 Å². The van der Waals surface area contributed by atoms with Gasteiger partial charge < -0.3 is 10.1 Å². The first-order valence-electron chi connectivity index (χ1n) is 3.47. The largest absolute Gasteiger partial charge is 0.383 e. The summed E-state index contributed by atoms with van der Waals surface area (Å²) in [7, 11) is 1.66. The highest BCUT2D eigenvalue weighted by atomic mass is 35.5. The van der Waals surface area contributed by atoms with Crippen molar-refractivity contribution in [3.05, 3.63) is 5.28 Å². The predicted molar refractivity (Wildman–Crippen MR) is 49.9 cm³/mol. The Bertz CT molecular complexity index is 242. The molecule has 0 saturated heterocycles. The number of rotatable bonds is 4. The molecule has 1 aromatic heterocycles. The van der Waals surface area contributed by atoms with Crippen LogP contribution in [0.15, 0.2) is 0 Å². The molecule has 0 aliphatic heterocycles. The van der Waals surface area contributed by atoms with Crippen molar-refractivity contribution in [2.24, 2.45) is 0 Å². The molecule has 0 fully saturated rings. The van der Waals surface area contributed by atoms with Crippen LogP contribution in [0.1, 0.15) is 6.92 Å². The number of nitrogens with one attached hydrogen (secondary N) is 1. The van der Waals surface area contributed by atoms with Gasteiger partial charge in [-0.15, -0.1) is 0 Å². The molecule has 0 aliphatic rings. The summed E-state index contributed by atoms with van der Waals surface area (Å²) in [5.74, 6) is 0. The third-order valence-electron chi connectivity index (χ3n) is 1.19. The van der Waals surface area contributed by atoms with Gasteiger partial charge in [-0.05, 0) is 18.5 Å². The van der Waals surface area contributed by atoms with Crippen molar-refractivity contribution in [1.29, 1.82) is 0 Å². The molecule has 0 bridgehead atoms. The fourth-order valence-corrected chi connectivity index (χ4v) is 1.59. The monoisotopic (exact) mass is 207 g/mol.